The number of rotatable bonds is 3. The van der Waals surface area contributed by atoms with Crippen LogP contribution in [0.25, 0.3) is 0 Å². The Morgan fingerprint density at radius 1 is 0.788 bits per heavy atom. The number of phenolic OH excluding ortho intramolecular Hbond substituents is 1. The average Bonchev–Trinajstić information content (AvgIpc) is 2.88. The molecule has 4 heteroatoms. The lowest BCUT2D eigenvalue weighted by Gasteiger charge is -2.42. The zero-order chi connectivity index (χ0) is 22.2. The lowest BCUT2D eigenvalue weighted by molar-refractivity contribution is 0.208. The van der Waals surface area contributed by atoms with Crippen molar-refractivity contribution in [3.05, 3.63) is 102 Å². The molecule has 1 saturated heterocycles. The molecule has 0 amide bonds. The van der Waals surface area contributed by atoms with Crippen LogP contribution in [0.1, 0.15) is 42.0 Å². The number of aromatic hydroxyl groups is 1. The summed E-state index contributed by atoms with van der Waals surface area (Å²) >= 11 is 0. The van der Waals surface area contributed by atoms with Crippen molar-refractivity contribution in [2.45, 2.75) is 37.8 Å². The van der Waals surface area contributed by atoms with Gasteiger partial charge in [0.2, 0.25) is 0 Å². The van der Waals surface area contributed by atoms with Gasteiger partial charge < -0.3 is 19.8 Å². The second-order valence-corrected chi connectivity index (χ2v) is 9.49. The van der Waals surface area contributed by atoms with Gasteiger partial charge in [-0.3, -0.25) is 0 Å². The van der Waals surface area contributed by atoms with E-state index in [-0.39, 0.29) is 6.04 Å². The molecule has 3 aromatic carbocycles. The van der Waals surface area contributed by atoms with Crippen molar-refractivity contribution in [3.63, 3.8) is 0 Å². The zero-order valence-corrected chi connectivity index (χ0v) is 19.0. The Balaban J connectivity index is 1.33. The summed E-state index contributed by atoms with van der Waals surface area (Å²) < 4.78 is 0. The highest BCUT2D eigenvalue weighted by Crippen LogP contribution is 2.40. The third-order valence-corrected chi connectivity index (χ3v) is 7.50. The summed E-state index contributed by atoms with van der Waals surface area (Å²) in [6.45, 7) is 3.19. The van der Waals surface area contributed by atoms with Crippen LogP contribution in [-0.4, -0.2) is 35.7 Å². The molecule has 0 spiro atoms. The normalized spacial score (nSPS) is 22.1. The fraction of sp³-hybridized carbons (Fsp3) is 0.310. The Bertz CT molecular complexity index is 1140. The van der Waals surface area contributed by atoms with Gasteiger partial charge in [0, 0.05) is 49.5 Å². The lowest BCUT2D eigenvalue weighted by Crippen LogP contribution is -2.46. The Labute approximate surface area is 196 Å². The summed E-state index contributed by atoms with van der Waals surface area (Å²) in [5.41, 5.74) is 6.31. The first-order valence-corrected chi connectivity index (χ1v) is 12.2. The number of piperidine rings is 1. The van der Waals surface area contributed by atoms with E-state index in [2.05, 4.69) is 87.8 Å². The van der Waals surface area contributed by atoms with Crippen LogP contribution >= 0.6 is 0 Å². The highest BCUT2D eigenvalue weighted by atomic mass is 16.3. The molecule has 0 radical (unpaired) electrons. The molecule has 1 fully saturated rings. The van der Waals surface area contributed by atoms with Crippen LogP contribution in [0.3, 0.4) is 0 Å². The molecule has 0 bridgehead atoms. The van der Waals surface area contributed by atoms with Gasteiger partial charge in [0.15, 0.2) is 0 Å². The fourth-order valence-corrected chi connectivity index (χ4v) is 5.78. The molecule has 0 saturated carbocycles. The van der Waals surface area contributed by atoms with Crippen LogP contribution in [0.4, 0.5) is 11.4 Å². The highest BCUT2D eigenvalue weighted by Gasteiger charge is 2.30. The summed E-state index contributed by atoms with van der Waals surface area (Å²) in [6.07, 6.45) is 9.40. The predicted octanol–water partition coefficient (Wildman–Crippen LogP) is 5.69. The number of fused-ring (bicyclic) bond motifs is 2. The summed E-state index contributed by atoms with van der Waals surface area (Å²) in [5, 5.41) is 10.1. The van der Waals surface area contributed by atoms with Gasteiger partial charge in [0.05, 0.1) is 6.04 Å². The topological polar surface area (TPSA) is 30.0 Å². The first-order chi connectivity index (χ1) is 16.3. The van der Waals surface area contributed by atoms with E-state index >= 15 is 0 Å². The quantitative estimate of drug-likeness (QED) is 0.570. The van der Waals surface area contributed by atoms with Crippen molar-refractivity contribution in [1.29, 1.82) is 0 Å². The van der Waals surface area contributed by atoms with Crippen LogP contribution in [0.15, 0.2) is 85.2 Å². The molecule has 3 aliphatic heterocycles. The summed E-state index contributed by atoms with van der Waals surface area (Å²) in [5.74, 6) is 0.352. The largest absolute Gasteiger partial charge is 0.508 e. The van der Waals surface area contributed by atoms with Crippen molar-refractivity contribution in [2.24, 2.45) is 0 Å². The van der Waals surface area contributed by atoms with Crippen molar-refractivity contribution in [3.8, 4) is 5.75 Å². The Morgan fingerprint density at radius 2 is 1.64 bits per heavy atom. The van der Waals surface area contributed by atoms with E-state index in [1.54, 1.807) is 0 Å². The zero-order valence-electron chi connectivity index (χ0n) is 19.0. The maximum atomic E-state index is 10.1. The molecule has 0 aliphatic carbocycles. The fourth-order valence-electron chi connectivity index (χ4n) is 5.78. The molecule has 33 heavy (non-hydrogen) atoms. The van der Waals surface area contributed by atoms with Gasteiger partial charge in [-0.1, -0.05) is 36.4 Å². The van der Waals surface area contributed by atoms with E-state index in [0.29, 0.717) is 11.8 Å². The van der Waals surface area contributed by atoms with Gasteiger partial charge >= 0.3 is 0 Å². The van der Waals surface area contributed by atoms with E-state index in [0.717, 1.165) is 19.5 Å². The summed E-state index contributed by atoms with van der Waals surface area (Å²) in [4.78, 5) is 7.41. The average molecular weight is 438 g/mol. The molecule has 0 unspecified atom stereocenters. The molecule has 1 N–H and O–H groups in total. The van der Waals surface area contributed by atoms with Crippen LogP contribution in [0.5, 0.6) is 5.75 Å². The number of nitrogens with zero attached hydrogens (tertiary/aromatic N) is 3. The second kappa shape index (κ2) is 8.51. The molecule has 3 aromatic rings. The molecular formula is C29H31N3O. The van der Waals surface area contributed by atoms with Crippen molar-refractivity contribution in [2.75, 3.05) is 29.4 Å². The highest BCUT2D eigenvalue weighted by molar-refractivity contribution is 5.59. The van der Waals surface area contributed by atoms with Crippen LogP contribution in [0.2, 0.25) is 0 Å². The van der Waals surface area contributed by atoms with Crippen LogP contribution in [0, 0.1) is 0 Å². The smallest absolute Gasteiger partial charge is 0.115 e. The van der Waals surface area contributed by atoms with Gasteiger partial charge in [-0.2, -0.15) is 0 Å². The molecular weight excluding hydrogens is 406 g/mol. The maximum Gasteiger partial charge on any atom is 0.115 e. The number of hydrogen-bond donors (Lipinski definition) is 1. The number of para-hydroxylation sites is 1. The first kappa shape index (κ1) is 20.2. The van der Waals surface area contributed by atoms with Crippen molar-refractivity contribution >= 4 is 11.4 Å². The molecule has 2 atom stereocenters. The third-order valence-electron chi connectivity index (χ3n) is 7.50. The van der Waals surface area contributed by atoms with E-state index in [1.807, 2.05) is 12.1 Å². The Morgan fingerprint density at radius 3 is 2.48 bits per heavy atom. The molecule has 168 valence electrons. The minimum atomic E-state index is 0.136. The van der Waals surface area contributed by atoms with Gasteiger partial charge in [-0.15, -0.1) is 0 Å². The second-order valence-electron chi connectivity index (χ2n) is 9.49. The van der Waals surface area contributed by atoms with Crippen LogP contribution < -0.4 is 9.80 Å². The number of phenols is 1. The van der Waals surface area contributed by atoms with E-state index in [4.69, 9.17) is 0 Å². The van der Waals surface area contributed by atoms with Gasteiger partial charge in [0.1, 0.15) is 5.75 Å². The molecule has 3 aliphatic rings. The standard InChI is InChI=1S/C29H31N3O/c33-27-13-14-28-23(20-27)15-17-32(25-6-2-1-3-7-25)29(28)22-9-11-24(12-10-22)31-19-18-30-16-5-4-8-26(30)21-31/h1-3,6-7,9-14,18-20,26,29,33H,4-5,8,15-17,21H2/t26-,29+/m0/s1. The van der Waals surface area contributed by atoms with E-state index < -0.39 is 0 Å². The van der Waals surface area contributed by atoms with Crippen LogP contribution in [-0.2, 0) is 6.42 Å². The maximum absolute atomic E-state index is 10.1. The summed E-state index contributed by atoms with van der Waals surface area (Å²) in [6, 6.07) is 26.4. The van der Waals surface area contributed by atoms with Gasteiger partial charge in [0.25, 0.3) is 0 Å². The van der Waals surface area contributed by atoms with Crippen molar-refractivity contribution in [1.82, 2.24) is 4.90 Å². The van der Waals surface area contributed by atoms with E-state index in [1.165, 1.54) is 53.9 Å². The molecule has 4 nitrogen and oxygen atoms in total. The number of benzene rings is 3. The first-order valence-electron chi connectivity index (χ1n) is 12.2. The third kappa shape index (κ3) is 3.84. The van der Waals surface area contributed by atoms with E-state index in [9.17, 15) is 5.11 Å². The van der Waals surface area contributed by atoms with Gasteiger partial charge in [-0.25, -0.2) is 0 Å². The Hall–Kier alpha value is -3.40. The molecule has 0 aromatic heterocycles. The van der Waals surface area contributed by atoms with Crippen molar-refractivity contribution < 1.29 is 5.11 Å². The number of anilines is 2. The number of hydrogen-bond acceptors (Lipinski definition) is 4. The summed E-state index contributed by atoms with van der Waals surface area (Å²) in [7, 11) is 0. The predicted molar refractivity (Wildman–Crippen MR) is 135 cm³/mol. The minimum Gasteiger partial charge on any atom is -0.508 e. The monoisotopic (exact) mass is 437 g/mol. The Kier molecular flexibility index (Phi) is 5.21. The van der Waals surface area contributed by atoms with Gasteiger partial charge in [-0.05, 0) is 78.8 Å². The lowest BCUT2D eigenvalue weighted by atomic mass is 9.87. The minimum absolute atomic E-state index is 0.136. The molecule has 3 heterocycles. The SMILES string of the molecule is Oc1ccc2c(c1)CCN(c1ccccc1)[C@@H]2c1ccc(N2C=CN3CCCC[C@H]3C2)cc1. The molecule has 6 rings (SSSR count).